The topological polar surface area (TPSA) is 77.2 Å². The van der Waals surface area contributed by atoms with Crippen LogP contribution in [-0.2, 0) is 11.2 Å². The van der Waals surface area contributed by atoms with Crippen molar-refractivity contribution in [3.05, 3.63) is 53.2 Å². The Balaban J connectivity index is 1.93. The average molecular weight is 285 g/mol. The standard InChI is InChI=1S/C16H19N3O2/c1-11-14(16(20)21-2)7-8-15(19-11)18-10-9-12-3-5-13(17)6-4-12/h3-8H,9-10,17H2,1-2H3,(H,18,19). The number of anilines is 2. The molecule has 0 atom stereocenters. The molecule has 5 heteroatoms. The van der Waals surface area contributed by atoms with E-state index in [0.29, 0.717) is 11.3 Å². The van der Waals surface area contributed by atoms with Crippen LogP contribution in [-0.4, -0.2) is 24.6 Å². The molecule has 0 radical (unpaired) electrons. The third kappa shape index (κ3) is 3.95. The number of methoxy groups -OCH3 is 1. The zero-order valence-corrected chi connectivity index (χ0v) is 12.2. The van der Waals surface area contributed by atoms with Crippen LogP contribution in [0.2, 0.25) is 0 Å². The van der Waals surface area contributed by atoms with E-state index in [-0.39, 0.29) is 5.97 Å². The number of benzene rings is 1. The average Bonchev–Trinajstić information content (AvgIpc) is 2.49. The van der Waals surface area contributed by atoms with Gasteiger partial charge in [0.15, 0.2) is 0 Å². The third-order valence-corrected chi connectivity index (χ3v) is 3.19. The van der Waals surface area contributed by atoms with Crippen molar-refractivity contribution in [1.82, 2.24) is 4.98 Å². The second kappa shape index (κ2) is 6.74. The SMILES string of the molecule is COC(=O)c1ccc(NCCc2ccc(N)cc2)nc1C. The number of nitrogens with zero attached hydrogens (tertiary/aromatic N) is 1. The lowest BCUT2D eigenvalue weighted by Gasteiger charge is -2.09. The van der Waals surface area contributed by atoms with Gasteiger partial charge in [-0.05, 0) is 43.2 Å². The van der Waals surface area contributed by atoms with Gasteiger partial charge in [0.05, 0.1) is 18.4 Å². The monoisotopic (exact) mass is 285 g/mol. The van der Waals surface area contributed by atoms with Crippen LogP contribution in [0.4, 0.5) is 11.5 Å². The summed E-state index contributed by atoms with van der Waals surface area (Å²) in [6.45, 7) is 2.55. The van der Waals surface area contributed by atoms with Gasteiger partial charge in [-0.2, -0.15) is 0 Å². The van der Waals surface area contributed by atoms with Crippen molar-refractivity contribution in [3.63, 3.8) is 0 Å². The summed E-state index contributed by atoms with van der Waals surface area (Å²) in [5, 5.41) is 3.24. The fraction of sp³-hybridized carbons (Fsp3) is 0.250. The molecule has 2 aromatic rings. The minimum Gasteiger partial charge on any atom is -0.465 e. The van der Waals surface area contributed by atoms with Gasteiger partial charge in [-0.25, -0.2) is 9.78 Å². The van der Waals surface area contributed by atoms with Crippen LogP contribution in [0.5, 0.6) is 0 Å². The summed E-state index contributed by atoms with van der Waals surface area (Å²) in [5.74, 6) is 0.379. The molecular formula is C16H19N3O2. The Morgan fingerprint density at radius 1 is 1.24 bits per heavy atom. The second-order valence-electron chi connectivity index (χ2n) is 4.74. The Kier molecular flexibility index (Phi) is 4.77. The normalized spacial score (nSPS) is 10.2. The number of hydrogen-bond donors (Lipinski definition) is 2. The van der Waals surface area contributed by atoms with E-state index in [9.17, 15) is 4.79 Å². The molecule has 0 saturated heterocycles. The largest absolute Gasteiger partial charge is 0.465 e. The highest BCUT2D eigenvalue weighted by Gasteiger charge is 2.10. The number of aryl methyl sites for hydroxylation is 1. The Morgan fingerprint density at radius 2 is 1.95 bits per heavy atom. The van der Waals surface area contributed by atoms with Gasteiger partial charge < -0.3 is 15.8 Å². The molecule has 0 amide bonds. The Morgan fingerprint density at radius 3 is 2.57 bits per heavy atom. The number of aromatic nitrogens is 1. The van der Waals surface area contributed by atoms with Crippen molar-refractivity contribution in [1.29, 1.82) is 0 Å². The van der Waals surface area contributed by atoms with Crippen molar-refractivity contribution < 1.29 is 9.53 Å². The summed E-state index contributed by atoms with van der Waals surface area (Å²) in [6, 6.07) is 11.3. The van der Waals surface area contributed by atoms with Crippen LogP contribution in [0.3, 0.4) is 0 Å². The van der Waals surface area contributed by atoms with Gasteiger partial charge in [0.1, 0.15) is 5.82 Å². The van der Waals surface area contributed by atoms with E-state index in [1.54, 1.807) is 19.1 Å². The quantitative estimate of drug-likeness (QED) is 0.651. The lowest BCUT2D eigenvalue weighted by atomic mass is 10.1. The number of pyridine rings is 1. The summed E-state index contributed by atoms with van der Waals surface area (Å²) in [7, 11) is 1.36. The highest BCUT2D eigenvalue weighted by atomic mass is 16.5. The number of carbonyl (C=O) groups excluding carboxylic acids is 1. The molecule has 1 heterocycles. The molecule has 110 valence electrons. The van der Waals surface area contributed by atoms with Gasteiger partial charge in [-0.15, -0.1) is 0 Å². The van der Waals surface area contributed by atoms with Crippen LogP contribution in [0, 0.1) is 6.92 Å². The molecule has 3 N–H and O–H groups in total. The maximum Gasteiger partial charge on any atom is 0.339 e. The van der Waals surface area contributed by atoms with E-state index in [1.165, 1.54) is 12.7 Å². The van der Waals surface area contributed by atoms with Gasteiger partial charge in [0.25, 0.3) is 0 Å². The lowest BCUT2D eigenvalue weighted by Crippen LogP contribution is -2.10. The van der Waals surface area contributed by atoms with E-state index in [2.05, 4.69) is 10.3 Å². The summed E-state index contributed by atoms with van der Waals surface area (Å²) in [6.07, 6.45) is 0.875. The van der Waals surface area contributed by atoms with Crippen LogP contribution < -0.4 is 11.1 Å². The third-order valence-electron chi connectivity index (χ3n) is 3.19. The number of hydrogen-bond acceptors (Lipinski definition) is 5. The van der Waals surface area contributed by atoms with Gasteiger partial charge in [0.2, 0.25) is 0 Å². The summed E-state index contributed by atoms with van der Waals surface area (Å²) in [4.78, 5) is 15.8. The minimum absolute atomic E-state index is 0.367. The number of nitrogens with two attached hydrogens (primary N) is 1. The van der Waals surface area contributed by atoms with Gasteiger partial charge in [0, 0.05) is 12.2 Å². The molecule has 0 unspecified atom stereocenters. The van der Waals surface area contributed by atoms with Crippen molar-refractivity contribution in [2.75, 3.05) is 24.7 Å². The first-order valence-corrected chi connectivity index (χ1v) is 6.74. The molecule has 5 nitrogen and oxygen atoms in total. The fourth-order valence-corrected chi connectivity index (χ4v) is 2.00. The minimum atomic E-state index is -0.367. The van der Waals surface area contributed by atoms with Gasteiger partial charge in [-0.1, -0.05) is 12.1 Å². The molecule has 0 aliphatic heterocycles. The molecule has 0 saturated carbocycles. The van der Waals surface area contributed by atoms with Crippen molar-refractivity contribution in [3.8, 4) is 0 Å². The van der Waals surface area contributed by atoms with E-state index in [0.717, 1.165) is 24.5 Å². The van der Waals surface area contributed by atoms with E-state index in [4.69, 9.17) is 10.5 Å². The van der Waals surface area contributed by atoms with Gasteiger partial charge >= 0.3 is 5.97 Å². The Labute approximate surface area is 124 Å². The number of nitrogen functional groups attached to an aromatic ring is 1. The molecule has 1 aromatic carbocycles. The molecular weight excluding hydrogens is 266 g/mol. The predicted molar refractivity (Wildman–Crippen MR) is 83.4 cm³/mol. The number of ether oxygens (including phenoxy) is 1. The van der Waals surface area contributed by atoms with E-state index in [1.807, 2.05) is 24.3 Å². The summed E-state index contributed by atoms with van der Waals surface area (Å²) >= 11 is 0. The Hall–Kier alpha value is -2.56. The fourth-order valence-electron chi connectivity index (χ4n) is 2.00. The Bertz CT molecular complexity index is 624. The van der Waals surface area contributed by atoms with Crippen molar-refractivity contribution in [2.45, 2.75) is 13.3 Å². The molecule has 0 aliphatic carbocycles. The first kappa shape index (κ1) is 14.8. The molecule has 0 spiro atoms. The highest BCUT2D eigenvalue weighted by molar-refractivity contribution is 5.90. The van der Waals surface area contributed by atoms with Crippen LogP contribution in [0.15, 0.2) is 36.4 Å². The van der Waals surface area contributed by atoms with Crippen LogP contribution >= 0.6 is 0 Å². The molecule has 0 fully saturated rings. The first-order chi connectivity index (χ1) is 10.1. The molecule has 1 aromatic heterocycles. The van der Waals surface area contributed by atoms with E-state index < -0.39 is 0 Å². The summed E-state index contributed by atoms with van der Waals surface area (Å²) < 4.78 is 4.70. The van der Waals surface area contributed by atoms with E-state index >= 15 is 0 Å². The smallest absolute Gasteiger partial charge is 0.339 e. The van der Waals surface area contributed by atoms with Crippen LogP contribution in [0.25, 0.3) is 0 Å². The number of carbonyl (C=O) groups is 1. The maximum atomic E-state index is 11.5. The number of esters is 1. The van der Waals surface area contributed by atoms with Crippen molar-refractivity contribution in [2.24, 2.45) is 0 Å². The maximum absolute atomic E-state index is 11.5. The van der Waals surface area contributed by atoms with Crippen LogP contribution in [0.1, 0.15) is 21.6 Å². The first-order valence-electron chi connectivity index (χ1n) is 6.74. The molecule has 21 heavy (non-hydrogen) atoms. The van der Waals surface area contributed by atoms with Gasteiger partial charge in [-0.3, -0.25) is 0 Å². The number of nitrogens with one attached hydrogen (secondary N) is 1. The number of rotatable bonds is 5. The lowest BCUT2D eigenvalue weighted by molar-refractivity contribution is 0.0599. The molecule has 0 aliphatic rings. The zero-order chi connectivity index (χ0) is 15.2. The second-order valence-corrected chi connectivity index (χ2v) is 4.74. The predicted octanol–water partition coefficient (Wildman–Crippen LogP) is 2.41. The highest BCUT2D eigenvalue weighted by Crippen LogP contribution is 2.12. The molecule has 0 bridgehead atoms. The molecule has 2 rings (SSSR count). The summed E-state index contributed by atoms with van der Waals surface area (Å²) in [5.41, 5.74) is 8.76. The zero-order valence-electron chi connectivity index (χ0n) is 12.2. The van der Waals surface area contributed by atoms with Crippen molar-refractivity contribution >= 4 is 17.5 Å².